The monoisotopic (exact) mass is 296 g/mol. The van der Waals surface area contributed by atoms with Crippen LogP contribution >= 0.6 is 0 Å². The minimum absolute atomic E-state index is 0.210. The van der Waals surface area contributed by atoms with Crippen molar-refractivity contribution >= 4 is 11.8 Å². The number of hydrogen-bond acceptors (Lipinski definition) is 4. The van der Waals surface area contributed by atoms with Gasteiger partial charge in [0.2, 0.25) is 5.89 Å². The number of aromatic nitrogens is 1. The molecule has 1 saturated carbocycles. The first kappa shape index (κ1) is 13.2. The van der Waals surface area contributed by atoms with Gasteiger partial charge < -0.3 is 4.42 Å². The predicted molar refractivity (Wildman–Crippen MR) is 78.5 cm³/mol. The van der Waals surface area contributed by atoms with Crippen LogP contribution in [0.25, 0.3) is 0 Å². The Balaban J connectivity index is 1.69. The van der Waals surface area contributed by atoms with E-state index >= 15 is 0 Å². The molecule has 1 aliphatic carbocycles. The fourth-order valence-electron chi connectivity index (χ4n) is 3.66. The highest BCUT2D eigenvalue weighted by atomic mass is 16.3. The Kier molecular flexibility index (Phi) is 2.89. The van der Waals surface area contributed by atoms with E-state index in [4.69, 9.17) is 4.42 Å². The van der Waals surface area contributed by atoms with Gasteiger partial charge in [0.1, 0.15) is 6.26 Å². The van der Waals surface area contributed by atoms with Crippen LogP contribution in [0.3, 0.4) is 0 Å². The van der Waals surface area contributed by atoms with Crippen molar-refractivity contribution in [3.63, 3.8) is 0 Å². The number of rotatable bonds is 3. The van der Waals surface area contributed by atoms with Crippen molar-refractivity contribution in [1.82, 2.24) is 9.88 Å². The molecule has 2 heterocycles. The number of oxazole rings is 1. The number of benzene rings is 1. The van der Waals surface area contributed by atoms with Crippen LogP contribution < -0.4 is 0 Å². The third-order valence-electron chi connectivity index (χ3n) is 4.79. The zero-order valence-electron chi connectivity index (χ0n) is 12.1. The summed E-state index contributed by atoms with van der Waals surface area (Å²) in [4.78, 5) is 30.8. The van der Waals surface area contributed by atoms with Gasteiger partial charge in [0.05, 0.1) is 22.7 Å². The normalized spacial score (nSPS) is 19.7. The number of nitrogens with zero attached hydrogens (tertiary/aromatic N) is 2. The zero-order chi connectivity index (χ0) is 15.2. The summed E-state index contributed by atoms with van der Waals surface area (Å²) in [6.07, 6.45) is 7.08. The molecule has 0 radical (unpaired) electrons. The number of carbonyl (C=O) groups excluding carboxylic acids is 2. The second-order valence-corrected chi connectivity index (χ2v) is 6.07. The first-order chi connectivity index (χ1) is 10.7. The molecule has 0 bridgehead atoms. The summed E-state index contributed by atoms with van der Waals surface area (Å²) in [5.74, 6) is 0.221. The lowest BCUT2D eigenvalue weighted by Crippen LogP contribution is -2.42. The molecule has 5 heteroatoms. The lowest BCUT2D eigenvalue weighted by atomic mass is 9.85. The van der Waals surface area contributed by atoms with Crippen LogP contribution in [0, 0.1) is 0 Å². The largest absolute Gasteiger partial charge is 0.448 e. The molecule has 2 aliphatic rings. The molecule has 0 spiro atoms. The molecule has 1 aliphatic heterocycles. The Morgan fingerprint density at radius 2 is 1.73 bits per heavy atom. The molecule has 1 aromatic heterocycles. The maximum absolute atomic E-state index is 12.6. The van der Waals surface area contributed by atoms with Crippen molar-refractivity contribution < 1.29 is 14.0 Å². The average Bonchev–Trinajstić information content (AvgIpc) is 3.26. The minimum atomic E-state index is -0.336. The number of imide groups is 1. The van der Waals surface area contributed by atoms with Crippen LogP contribution in [0.15, 0.2) is 41.1 Å². The molecule has 4 rings (SSSR count). The zero-order valence-corrected chi connectivity index (χ0v) is 12.1. The second-order valence-electron chi connectivity index (χ2n) is 6.07. The summed E-state index contributed by atoms with van der Waals surface area (Å²) in [6.45, 7) is 0.347. The molecule has 0 saturated heterocycles. The summed E-state index contributed by atoms with van der Waals surface area (Å²) < 4.78 is 5.52. The van der Waals surface area contributed by atoms with Crippen molar-refractivity contribution in [3.05, 3.63) is 53.7 Å². The fraction of sp³-hybridized carbons (Fsp3) is 0.353. The van der Waals surface area contributed by atoms with Crippen molar-refractivity contribution in [3.8, 4) is 0 Å². The number of amides is 2. The smallest absolute Gasteiger partial charge is 0.261 e. The molecule has 2 amide bonds. The van der Waals surface area contributed by atoms with Crippen LogP contribution in [-0.2, 0) is 5.41 Å². The lowest BCUT2D eigenvalue weighted by Gasteiger charge is -2.29. The van der Waals surface area contributed by atoms with E-state index in [9.17, 15) is 9.59 Å². The highest BCUT2D eigenvalue weighted by molar-refractivity contribution is 6.21. The summed E-state index contributed by atoms with van der Waals surface area (Å²) in [5, 5.41) is 0. The average molecular weight is 296 g/mol. The Hall–Kier alpha value is -2.43. The van der Waals surface area contributed by atoms with Crippen LogP contribution in [-0.4, -0.2) is 28.2 Å². The molecule has 1 fully saturated rings. The van der Waals surface area contributed by atoms with E-state index in [0.29, 0.717) is 23.6 Å². The first-order valence-electron chi connectivity index (χ1n) is 7.56. The van der Waals surface area contributed by atoms with Gasteiger partial charge in [-0.15, -0.1) is 0 Å². The molecule has 0 N–H and O–H groups in total. The maximum atomic E-state index is 12.6. The molecule has 2 aromatic rings. The van der Waals surface area contributed by atoms with Gasteiger partial charge in [0.15, 0.2) is 0 Å². The summed E-state index contributed by atoms with van der Waals surface area (Å²) in [5.41, 5.74) is 0.651. The summed E-state index contributed by atoms with van der Waals surface area (Å²) in [6, 6.07) is 6.99. The van der Waals surface area contributed by atoms with Gasteiger partial charge in [-0.1, -0.05) is 25.0 Å². The number of fused-ring (bicyclic) bond motifs is 1. The highest BCUT2D eigenvalue weighted by Crippen LogP contribution is 2.42. The Labute approximate surface area is 127 Å². The molecule has 0 atom stereocenters. The molecule has 0 unspecified atom stereocenters. The second kappa shape index (κ2) is 4.80. The first-order valence-corrected chi connectivity index (χ1v) is 7.56. The Morgan fingerprint density at radius 1 is 1.09 bits per heavy atom. The van der Waals surface area contributed by atoms with E-state index in [1.54, 1.807) is 36.7 Å². The minimum Gasteiger partial charge on any atom is -0.448 e. The van der Waals surface area contributed by atoms with Gasteiger partial charge in [-0.2, -0.15) is 0 Å². The van der Waals surface area contributed by atoms with Crippen LogP contribution in [0.2, 0.25) is 0 Å². The Morgan fingerprint density at radius 3 is 2.27 bits per heavy atom. The third kappa shape index (κ3) is 1.81. The van der Waals surface area contributed by atoms with Crippen LogP contribution in [0.1, 0.15) is 52.3 Å². The highest BCUT2D eigenvalue weighted by Gasteiger charge is 2.46. The number of carbonyl (C=O) groups is 2. The van der Waals surface area contributed by atoms with Crippen LogP contribution in [0.5, 0.6) is 0 Å². The summed E-state index contributed by atoms with van der Waals surface area (Å²) >= 11 is 0. The SMILES string of the molecule is O=C1c2ccccc2C(=O)N1CC1(c2ncco2)CCCC1. The molecular weight excluding hydrogens is 280 g/mol. The van der Waals surface area contributed by atoms with Crippen molar-refractivity contribution in [2.24, 2.45) is 0 Å². The van der Waals surface area contributed by atoms with Gasteiger partial charge in [0.25, 0.3) is 11.8 Å². The molecule has 22 heavy (non-hydrogen) atoms. The topological polar surface area (TPSA) is 63.4 Å². The molecular formula is C17H16N2O3. The molecule has 5 nitrogen and oxygen atoms in total. The van der Waals surface area contributed by atoms with Crippen molar-refractivity contribution in [2.45, 2.75) is 31.1 Å². The van der Waals surface area contributed by atoms with Gasteiger partial charge in [-0.25, -0.2) is 4.98 Å². The molecule has 112 valence electrons. The van der Waals surface area contributed by atoms with Gasteiger partial charge in [-0.3, -0.25) is 14.5 Å². The van der Waals surface area contributed by atoms with E-state index in [2.05, 4.69) is 4.98 Å². The lowest BCUT2D eigenvalue weighted by molar-refractivity contribution is 0.0603. The standard InChI is InChI=1S/C17H16N2O3/c20-14-12-5-1-2-6-13(12)15(21)19(14)11-17(7-3-4-8-17)16-18-9-10-22-16/h1-2,5-6,9-10H,3-4,7-8,11H2. The van der Waals surface area contributed by atoms with Crippen LogP contribution in [0.4, 0.5) is 0 Å². The predicted octanol–water partition coefficient (Wildman–Crippen LogP) is 2.78. The third-order valence-corrected chi connectivity index (χ3v) is 4.79. The maximum Gasteiger partial charge on any atom is 0.261 e. The summed E-state index contributed by atoms with van der Waals surface area (Å²) in [7, 11) is 0. The fourth-order valence-corrected chi connectivity index (χ4v) is 3.66. The van der Waals surface area contributed by atoms with E-state index in [1.807, 2.05) is 0 Å². The van der Waals surface area contributed by atoms with Crippen molar-refractivity contribution in [1.29, 1.82) is 0 Å². The molecule has 1 aromatic carbocycles. The van der Waals surface area contributed by atoms with Crippen molar-refractivity contribution in [2.75, 3.05) is 6.54 Å². The van der Waals surface area contributed by atoms with E-state index in [-0.39, 0.29) is 17.2 Å². The van der Waals surface area contributed by atoms with Gasteiger partial charge in [-0.05, 0) is 25.0 Å². The van der Waals surface area contributed by atoms with E-state index < -0.39 is 0 Å². The van der Waals surface area contributed by atoms with E-state index in [0.717, 1.165) is 25.7 Å². The number of hydrogen-bond donors (Lipinski definition) is 0. The van der Waals surface area contributed by atoms with E-state index in [1.165, 1.54) is 4.90 Å². The van der Waals surface area contributed by atoms with Gasteiger partial charge >= 0.3 is 0 Å². The quantitative estimate of drug-likeness (QED) is 0.817. The van der Waals surface area contributed by atoms with Gasteiger partial charge in [0, 0.05) is 6.54 Å². The Bertz CT molecular complexity index is 695.